The van der Waals surface area contributed by atoms with Crippen molar-refractivity contribution in [2.24, 2.45) is 0 Å². The molecule has 2 heterocycles. The average Bonchev–Trinajstić information content (AvgIpc) is 2.87. The maximum absolute atomic E-state index is 13.9. The van der Waals surface area contributed by atoms with Crippen LogP contribution >= 0.6 is 0 Å². The van der Waals surface area contributed by atoms with Gasteiger partial charge in [-0.1, -0.05) is 11.2 Å². The summed E-state index contributed by atoms with van der Waals surface area (Å²) in [7, 11) is 0. The Morgan fingerprint density at radius 2 is 1.81 bits per heavy atom. The Balaban J connectivity index is 2.08. The molecule has 0 saturated heterocycles. The molecule has 0 spiro atoms. The highest BCUT2D eigenvalue weighted by Crippen LogP contribution is 2.29. The van der Waals surface area contributed by atoms with Gasteiger partial charge in [0.2, 0.25) is 5.82 Å². The molecule has 0 bridgehead atoms. The van der Waals surface area contributed by atoms with Crippen molar-refractivity contribution >= 4 is 5.69 Å². The van der Waals surface area contributed by atoms with Gasteiger partial charge in [-0.3, -0.25) is 4.98 Å². The van der Waals surface area contributed by atoms with Crippen molar-refractivity contribution in [3.05, 3.63) is 47.5 Å². The minimum Gasteiger partial charge on any atom is -0.398 e. The number of nitrogens with zero attached hydrogens (tertiary/aromatic N) is 3. The van der Waals surface area contributed by atoms with Crippen LogP contribution in [0.2, 0.25) is 0 Å². The molecule has 0 radical (unpaired) electrons. The number of benzene rings is 1. The lowest BCUT2D eigenvalue weighted by molar-refractivity contribution is 0.430. The highest BCUT2D eigenvalue weighted by Gasteiger charge is 2.17. The van der Waals surface area contributed by atoms with Gasteiger partial charge in [0.05, 0.1) is 5.56 Å². The maximum atomic E-state index is 13.9. The van der Waals surface area contributed by atoms with Gasteiger partial charge in [-0.15, -0.1) is 0 Å². The van der Waals surface area contributed by atoms with E-state index in [-0.39, 0.29) is 17.1 Å². The van der Waals surface area contributed by atoms with Crippen molar-refractivity contribution in [2.75, 3.05) is 5.73 Å². The number of halogens is 1. The molecule has 0 fully saturated rings. The minimum atomic E-state index is -0.493. The molecule has 3 aromatic rings. The van der Waals surface area contributed by atoms with Gasteiger partial charge in [-0.05, 0) is 38.1 Å². The first-order valence-corrected chi connectivity index (χ1v) is 6.38. The molecule has 0 saturated carbocycles. The summed E-state index contributed by atoms with van der Waals surface area (Å²) in [4.78, 5) is 8.52. The van der Waals surface area contributed by atoms with E-state index in [2.05, 4.69) is 15.1 Å². The van der Waals surface area contributed by atoms with Crippen LogP contribution in [0.5, 0.6) is 0 Å². The van der Waals surface area contributed by atoms with Crippen LogP contribution < -0.4 is 5.73 Å². The van der Waals surface area contributed by atoms with Gasteiger partial charge >= 0.3 is 0 Å². The lowest BCUT2D eigenvalue weighted by Gasteiger charge is -2.01. The van der Waals surface area contributed by atoms with E-state index in [4.69, 9.17) is 10.3 Å². The number of rotatable bonds is 2. The third kappa shape index (κ3) is 2.47. The average molecular weight is 284 g/mol. The molecule has 0 amide bonds. The van der Waals surface area contributed by atoms with Crippen LogP contribution in [-0.2, 0) is 0 Å². The van der Waals surface area contributed by atoms with E-state index < -0.39 is 5.82 Å². The summed E-state index contributed by atoms with van der Waals surface area (Å²) in [6.07, 6.45) is 0. The smallest absolute Gasteiger partial charge is 0.263 e. The zero-order chi connectivity index (χ0) is 15.0. The number of nitrogen functional groups attached to an aromatic ring is 1. The summed E-state index contributed by atoms with van der Waals surface area (Å²) in [5.41, 5.74) is 8.62. The topological polar surface area (TPSA) is 77.8 Å². The first kappa shape index (κ1) is 13.2. The second-order valence-corrected chi connectivity index (χ2v) is 4.77. The van der Waals surface area contributed by atoms with Gasteiger partial charge in [0, 0.05) is 22.6 Å². The number of hydrogen-bond acceptors (Lipinski definition) is 5. The molecule has 3 rings (SSSR count). The summed E-state index contributed by atoms with van der Waals surface area (Å²) >= 11 is 0. The summed E-state index contributed by atoms with van der Waals surface area (Å²) in [6.45, 7) is 3.76. The molecule has 0 unspecified atom stereocenters. The third-order valence-electron chi connectivity index (χ3n) is 3.03. The van der Waals surface area contributed by atoms with Crippen LogP contribution in [0.25, 0.3) is 22.8 Å². The largest absolute Gasteiger partial charge is 0.398 e. The van der Waals surface area contributed by atoms with E-state index >= 15 is 0 Å². The second-order valence-electron chi connectivity index (χ2n) is 4.77. The SMILES string of the molecule is Cc1cc(-c2noc(-c3c(N)cccc3F)n2)cc(C)n1. The van der Waals surface area contributed by atoms with Gasteiger partial charge in [-0.25, -0.2) is 4.39 Å². The lowest BCUT2D eigenvalue weighted by Crippen LogP contribution is -1.93. The zero-order valence-electron chi connectivity index (χ0n) is 11.6. The fraction of sp³-hybridized carbons (Fsp3) is 0.133. The highest BCUT2D eigenvalue weighted by molar-refractivity contribution is 5.72. The normalized spacial score (nSPS) is 10.8. The summed E-state index contributed by atoms with van der Waals surface area (Å²) < 4.78 is 19.0. The first-order valence-electron chi connectivity index (χ1n) is 6.38. The second kappa shape index (κ2) is 4.97. The van der Waals surface area contributed by atoms with E-state index in [0.717, 1.165) is 17.0 Å². The standard InChI is InChI=1S/C15H13FN4O/c1-8-6-10(7-9(2)18-8)14-19-15(21-20-14)13-11(16)4-3-5-12(13)17/h3-7H,17H2,1-2H3. The number of hydrogen-bond donors (Lipinski definition) is 1. The van der Waals surface area contributed by atoms with Crippen LogP contribution in [-0.4, -0.2) is 15.1 Å². The molecule has 2 aromatic heterocycles. The van der Waals surface area contributed by atoms with Crippen LogP contribution in [0, 0.1) is 19.7 Å². The van der Waals surface area contributed by atoms with E-state index in [1.807, 2.05) is 26.0 Å². The summed E-state index contributed by atoms with van der Waals surface area (Å²) in [5.74, 6) is -0.0544. The molecule has 6 heteroatoms. The van der Waals surface area contributed by atoms with Crippen molar-refractivity contribution in [1.29, 1.82) is 0 Å². The highest BCUT2D eigenvalue weighted by atomic mass is 19.1. The van der Waals surface area contributed by atoms with Crippen molar-refractivity contribution in [2.45, 2.75) is 13.8 Å². The molecular weight excluding hydrogens is 271 g/mol. The fourth-order valence-corrected chi connectivity index (χ4v) is 2.17. The molecule has 0 aliphatic rings. The molecule has 21 heavy (non-hydrogen) atoms. The van der Waals surface area contributed by atoms with Crippen LogP contribution in [0.15, 0.2) is 34.9 Å². The Labute approximate surface area is 120 Å². The van der Waals surface area contributed by atoms with Gasteiger partial charge < -0.3 is 10.3 Å². The number of aromatic nitrogens is 3. The molecule has 0 atom stereocenters. The first-order chi connectivity index (χ1) is 10.0. The van der Waals surface area contributed by atoms with E-state index in [9.17, 15) is 4.39 Å². The number of nitrogens with two attached hydrogens (primary N) is 1. The van der Waals surface area contributed by atoms with Gasteiger partial charge in [0.15, 0.2) is 0 Å². The van der Waals surface area contributed by atoms with Crippen molar-refractivity contribution < 1.29 is 8.91 Å². The van der Waals surface area contributed by atoms with Crippen LogP contribution in [0.3, 0.4) is 0 Å². The molecule has 1 aromatic carbocycles. The van der Waals surface area contributed by atoms with Crippen LogP contribution in [0.4, 0.5) is 10.1 Å². The van der Waals surface area contributed by atoms with Gasteiger partial charge in [-0.2, -0.15) is 4.98 Å². The van der Waals surface area contributed by atoms with Gasteiger partial charge in [0.25, 0.3) is 5.89 Å². The summed E-state index contributed by atoms with van der Waals surface area (Å²) in [6, 6.07) is 8.10. The number of aryl methyl sites for hydroxylation is 2. The van der Waals surface area contributed by atoms with Crippen molar-refractivity contribution in [1.82, 2.24) is 15.1 Å². The zero-order valence-corrected chi connectivity index (χ0v) is 11.6. The predicted molar refractivity (Wildman–Crippen MR) is 76.8 cm³/mol. The number of anilines is 1. The van der Waals surface area contributed by atoms with Crippen molar-refractivity contribution in [3.63, 3.8) is 0 Å². The Morgan fingerprint density at radius 1 is 1.10 bits per heavy atom. The third-order valence-corrected chi connectivity index (χ3v) is 3.03. The Morgan fingerprint density at radius 3 is 2.48 bits per heavy atom. The fourth-order valence-electron chi connectivity index (χ4n) is 2.17. The van der Waals surface area contributed by atoms with Crippen molar-refractivity contribution in [3.8, 4) is 22.8 Å². The quantitative estimate of drug-likeness (QED) is 0.731. The Kier molecular flexibility index (Phi) is 3.13. The molecule has 106 valence electrons. The Hall–Kier alpha value is -2.76. The molecule has 0 aliphatic carbocycles. The lowest BCUT2D eigenvalue weighted by atomic mass is 10.1. The maximum Gasteiger partial charge on any atom is 0.263 e. The number of pyridine rings is 1. The van der Waals surface area contributed by atoms with Crippen LogP contribution in [0.1, 0.15) is 11.4 Å². The molecular formula is C15H13FN4O. The van der Waals surface area contributed by atoms with E-state index in [1.54, 1.807) is 6.07 Å². The minimum absolute atomic E-state index is 0.0627. The summed E-state index contributed by atoms with van der Waals surface area (Å²) in [5, 5.41) is 3.89. The molecule has 5 nitrogen and oxygen atoms in total. The predicted octanol–water partition coefficient (Wildman–Crippen LogP) is 3.14. The van der Waals surface area contributed by atoms with Gasteiger partial charge in [0.1, 0.15) is 5.82 Å². The Bertz CT molecular complexity index is 773. The van der Waals surface area contributed by atoms with E-state index in [1.165, 1.54) is 12.1 Å². The molecule has 2 N–H and O–H groups in total. The molecule has 0 aliphatic heterocycles. The van der Waals surface area contributed by atoms with E-state index in [0.29, 0.717) is 5.82 Å². The monoisotopic (exact) mass is 284 g/mol.